The molecule has 7 heteroatoms. The second-order valence-electron chi connectivity index (χ2n) is 3.46. The van der Waals surface area contributed by atoms with Crippen molar-refractivity contribution < 1.29 is 23.9 Å². The minimum absolute atomic E-state index is 0.121. The van der Waals surface area contributed by atoms with Gasteiger partial charge in [-0.2, -0.15) is 0 Å². The molecule has 0 radical (unpaired) electrons. The van der Waals surface area contributed by atoms with Crippen LogP contribution in [0.15, 0.2) is 18.2 Å². The van der Waals surface area contributed by atoms with Crippen molar-refractivity contribution in [1.29, 1.82) is 0 Å². The number of amides is 1. The molecule has 1 N–H and O–H groups in total. The van der Waals surface area contributed by atoms with Crippen molar-refractivity contribution in [2.45, 2.75) is 0 Å². The zero-order chi connectivity index (χ0) is 14.4. The summed E-state index contributed by atoms with van der Waals surface area (Å²) in [7, 11) is 2.42. The van der Waals surface area contributed by atoms with Gasteiger partial charge in [0.1, 0.15) is 5.88 Å². The van der Waals surface area contributed by atoms with Gasteiger partial charge in [-0.1, -0.05) is 0 Å². The fourth-order valence-corrected chi connectivity index (χ4v) is 1.43. The van der Waals surface area contributed by atoms with Crippen LogP contribution in [0.2, 0.25) is 0 Å². The van der Waals surface area contributed by atoms with Crippen molar-refractivity contribution in [3.05, 3.63) is 29.3 Å². The molecule has 19 heavy (non-hydrogen) atoms. The zero-order valence-corrected chi connectivity index (χ0v) is 11.1. The van der Waals surface area contributed by atoms with Crippen LogP contribution in [0.5, 0.6) is 0 Å². The monoisotopic (exact) mass is 285 g/mol. The molecule has 1 amide bonds. The average Bonchev–Trinajstić information content (AvgIpc) is 2.44. The third-order valence-electron chi connectivity index (χ3n) is 2.18. The largest absolute Gasteiger partial charge is 0.465 e. The van der Waals surface area contributed by atoms with E-state index in [4.69, 9.17) is 11.6 Å². The third kappa shape index (κ3) is 3.96. The number of alkyl halides is 1. The maximum atomic E-state index is 11.5. The molecule has 0 aliphatic carbocycles. The normalized spacial score (nSPS) is 9.63. The van der Waals surface area contributed by atoms with E-state index in [0.717, 1.165) is 0 Å². The Kier molecular flexibility index (Phi) is 5.32. The molecule has 1 aromatic carbocycles. The van der Waals surface area contributed by atoms with E-state index in [0.29, 0.717) is 0 Å². The number of hydrogen-bond acceptors (Lipinski definition) is 5. The quantitative estimate of drug-likeness (QED) is 0.668. The van der Waals surface area contributed by atoms with E-state index < -0.39 is 17.8 Å². The van der Waals surface area contributed by atoms with Crippen molar-refractivity contribution >= 4 is 35.1 Å². The number of benzene rings is 1. The first-order valence-electron chi connectivity index (χ1n) is 5.19. The molecular formula is C12H12ClNO5. The lowest BCUT2D eigenvalue weighted by atomic mass is 10.1. The van der Waals surface area contributed by atoms with E-state index in [1.807, 2.05) is 0 Å². The van der Waals surface area contributed by atoms with Crippen LogP contribution in [0.4, 0.5) is 5.69 Å². The summed E-state index contributed by atoms with van der Waals surface area (Å²) in [6.45, 7) is 0. The summed E-state index contributed by atoms with van der Waals surface area (Å²) in [6, 6.07) is 4.07. The van der Waals surface area contributed by atoms with Crippen LogP contribution in [0.25, 0.3) is 0 Å². The maximum Gasteiger partial charge on any atom is 0.337 e. The third-order valence-corrected chi connectivity index (χ3v) is 2.42. The molecule has 1 rings (SSSR count). The number of anilines is 1. The van der Waals surface area contributed by atoms with Crippen molar-refractivity contribution in [1.82, 2.24) is 0 Å². The number of carbonyl (C=O) groups is 3. The van der Waals surface area contributed by atoms with Gasteiger partial charge < -0.3 is 14.8 Å². The van der Waals surface area contributed by atoms with Crippen LogP contribution in [-0.2, 0) is 14.3 Å². The summed E-state index contributed by atoms with van der Waals surface area (Å²) in [5, 5.41) is 2.44. The predicted octanol–water partition coefficient (Wildman–Crippen LogP) is 1.44. The number of hydrogen-bond donors (Lipinski definition) is 1. The Morgan fingerprint density at radius 1 is 1.05 bits per heavy atom. The highest BCUT2D eigenvalue weighted by atomic mass is 35.5. The molecule has 102 valence electrons. The summed E-state index contributed by atoms with van der Waals surface area (Å²) in [5.41, 5.74) is 0.500. The van der Waals surface area contributed by atoms with Crippen molar-refractivity contribution in [2.75, 3.05) is 25.4 Å². The molecule has 0 atom stereocenters. The fourth-order valence-electron chi connectivity index (χ4n) is 1.37. The Bertz CT molecular complexity index is 481. The van der Waals surface area contributed by atoms with Gasteiger partial charge in [-0.25, -0.2) is 9.59 Å². The standard InChI is InChI=1S/C12H12ClNO5/c1-18-11(16)7-3-8(12(17)19-2)5-9(4-7)14-10(15)6-13/h3-5H,6H2,1-2H3,(H,14,15). The predicted molar refractivity (Wildman–Crippen MR) is 68.5 cm³/mol. The van der Waals surface area contributed by atoms with E-state index in [1.54, 1.807) is 0 Å². The molecule has 0 aliphatic rings. The molecule has 0 fully saturated rings. The average molecular weight is 286 g/mol. The van der Waals surface area contributed by atoms with Gasteiger partial charge in [-0.3, -0.25) is 4.79 Å². The first kappa shape index (κ1) is 15.0. The van der Waals surface area contributed by atoms with Crippen LogP contribution in [0, 0.1) is 0 Å². The van der Waals surface area contributed by atoms with Gasteiger partial charge in [0.05, 0.1) is 25.3 Å². The number of rotatable bonds is 4. The molecule has 0 heterocycles. The van der Waals surface area contributed by atoms with Crippen LogP contribution < -0.4 is 5.32 Å². The minimum atomic E-state index is -0.632. The number of esters is 2. The van der Waals surface area contributed by atoms with Gasteiger partial charge in [-0.05, 0) is 18.2 Å². The molecule has 6 nitrogen and oxygen atoms in total. The van der Waals surface area contributed by atoms with E-state index in [-0.39, 0.29) is 22.7 Å². The van der Waals surface area contributed by atoms with Crippen molar-refractivity contribution in [2.24, 2.45) is 0 Å². The molecule has 0 aliphatic heterocycles. The van der Waals surface area contributed by atoms with Crippen LogP contribution in [0.1, 0.15) is 20.7 Å². The Balaban J connectivity index is 3.19. The van der Waals surface area contributed by atoms with Gasteiger partial charge in [0, 0.05) is 5.69 Å². The van der Waals surface area contributed by atoms with Crippen molar-refractivity contribution in [3.8, 4) is 0 Å². The number of halogens is 1. The van der Waals surface area contributed by atoms with Gasteiger partial charge in [0.15, 0.2) is 0 Å². The summed E-state index contributed by atoms with van der Waals surface area (Å²) >= 11 is 5.37. The first-order valence-corrected chi connectivity index (χ1v) is 5.72. The molecule has 0 saturated carbocycles. The Morgan fingerprint density at radius 2 is 1.53 bits per heavy atom. The highest BCUT2D eigenvalue weighted by Gasteiger charge is 2.14. The summed E-state index contributed by atoms with van der Waals surface area (Å²) in [4.78, 5) is 34.1. The SMILES string of the molecule is COC(=O)c1cc(NC(=O)CCl)cc(C(=O)OC)c1. The van der Waals surface area contributed by atoms with E-state index in [1.165, 1.54) is 32.4 Å². The molecule has 0 aromatic heterocycles. The van der Waals surface area contributed by atoms with Gasteiger partial charge >= 0.3 is 11.9 Å². The molecule has 0 bridgehead atoms. The number of ether oxygens (including phenoxy) is 2. The van der Waals surface area contributed by atoms with Gasteiger partial charge in [0.25, 0.3) is 0 Å². The zero-order valence-electron chi connectivity index (χ0n) is 10.4. The topological polar surface area (TPSA) is 81.7 Å². The minimum Gasteiger partial charge on any atom is -0.465 e. The number of carbonyl (C=O) groups excluding carboxylic acids is 3. The highest BCUT2D eigenvalue weighted by molar-refractivity contribution is 6.29. The second-order valence-corrected chi connectivity index (χ2v) is 3.73. The van der Waals surface area contributed by atoms with Crippen LogP contribution >= 0.6 is 11.6 Å². The molecule has 0 spiro atoms. The Morgan fingerprint density at radius 3 is 1.89 bits per heavy atom. The first-order chi connectivity index (χ1) is 9.01. The lowest BCUT2D eigenvalue weighted by Gasteiger charge is -2.08. The number of nitrogens with one attached hydrogen (secondary N) is 1. The molecular weight excluding hydrogens is 274 g/mol. The maximum absolute atomic E-state index is 11.5. The van der Waals surface area contributed by atoms with Gasteiger partial charge in [-0.15, -0.1) is 11.6 Å². The van der Waals surface area contributed by atoms with E-state index in [2.05, 4.69) is 14.8 Å². The highest BCUT2D eigenvalue weighted by Crippen LogP contribution is 2.17. The summed E-state index contributed by atoms with van der Waals surface area (Å²) in [5.74, 6) is -1.96. The molecule has 1 aromatic rings. The Hall–Kier alpha value is -2.08. The van der Waals surface area contributed by atoms with Crippen molar-refractivity contribution in [3.63, 3.8) is 0 Å². The van der Waals surface area contributed by atoms with E-state index in [9.17, 15) is 14.4 Å². The van der Waals surface area contributed by atoms with Gasteiger partial charge in [0.2, 0.25) is 5.91 Å². The smallest absolute Gasteiger partial charge is 0.337 e. The molecule has 0 saturated heterocycles. The number of methoxy groups -OCH3 is 2. The lowest BCUT2D eigenvalue weighted by molar-refractivity contribution is -0.113. The summed E-state index contributed by atoms with van der Waals surface area (Å²) in [6.07, 6.45) is 0. The fraction of sp³-hybridized carbons (Fsp3) is 0.250. The summed E-state index contributed by atoms with van der Waals surface area (Å²) < 4.78 is 9.12. The Labute approximate surface area is 114 Å². The van der Waals surface area contributed by atoms with E-state index >= 15 is 0 Å². The van der Waals surface area contributed by atoms with Crippen LogP contribution in [-0.4, -0.2) is 37.9 Å². The second kappa shape index (κ2) is 6.75. The van der Waals surface area contributed by atoms with Crippen LogP contribution in [0.3, 0.4) is 0 Å². The molecule has 0 unspecified atom stereocenters. The lowest BCUT2D eigenvalue weighted by Crippen LogP contribution is -2.14.